The molecule has 2 aliphatic carbocycles. The van der Waals surface area contributed by atoms with Crippen LogP contribution in [0.25, 0.3) is 0 Å². The van der Waals surface area contributed by atoms with E-state index in [0.717, 1.165) is 69.8 Å². The van der Waals surface area contributed by atoms with Crippen molar-refractivity contribution in [2.75, 3.05) is 6.61 Å². The Hall–Kier alpha value is -2.79. The zero-order valence-electron chi connectivity index (χ0n) is 22.9. The van der Waals surface area contributed by atoms with Gasteiger partial charge in [-0.3, -0.25) is 9.59 Å². The summed E-state index contributed by atoms with van der Waals surface area (Å²) >= 11 is 6.12. The topological polar surface area (TPSA) is 120 Å². The van der Waals surface area contributed by atoms with Crippen LogP contribution in [0.4, 0.5) is 4.79 Å². The first kappa shape index (κ1) is 29.2. The predicted molar refractivity (Wildman–Crippen MR) is 149 cm³/mol. The predicted octanol–water partition coefficient (Wildman–Crippen LogP) is 5.19. The summed E-state index contributed by atoms with van der Waals surface area (Å²) in [5.74, 6) is -0.728. The number of alkyl carbamates (subject to hydrolysis) is 1. The Bertz CT molecular complexity index is 1080. The third-order valence-electron chi connectivity index (χ3n) is 8.38. The number of carbonyl (C=O) groups excluding carboxylic acids is 3. The van der Waals surface area contributed by atoms with Gasteiger partial charge in [-0.25, -0.2) is 4.79 Å². The van der Waals surface area contributed by atoms with Gasteiger partial charge in [0.05, 0.1) is 12.7 Å². The minimum absolute atomic E-state index is 0.0389. The molecule has 1 aromatic carbocycles. The lowest BCUT2D eigenvalue weighted by atomic mass is 9.95. The molecule has 1 unspecified atom stereocenters. The number of halogens is 1. The Morgan fingerprint density at radius 1 is 1.18 bits per heavy atom. The van der Waals surface area contributed by atoms with E-state index in [2.05, 4.69) is 28.9 Å². The van der Waals surface area contributed by atoms with Gasteiger partial charge in [-0.05, 0) is 69.1 Å². The first-order valence-corrected chi connectivity index (χ1v) is 14.8. The van der Waals surface area contributed by atoms with Crippen LogP contribution in [-0.2, 0) is 20.7 Å². The van der Waals surface area contributed by atoms with Crippen LogP contribution in [-0.4, -0.2) is 42.1 Å². The van der Waals surface area contributed by atoms with Crippen molar-refractivity contribution in [2.45, 2.75) is 108 Å². The molecule has 212 valence electrons. The van der Waals surface area contributed by atoms with Crippen LogP contribution in [0.3, 0.4) is 0 Å². The van der Waals surface area contributed by atoms with Crippen molar-refractivity contribution in [3.8, 4) is 6.07 Å². The fourth-order valence-corrected chi connectivity index (χ4v) is 5.82. The Kier molecular flexibility index (Phi) is 9.76. The van der Waals surface area contributed by atoms with Gasteiger partial charge in [0.1, 0.15) is 12.1 Å². The number of unbranched alkanes of at least 4 members (excludes halogenated alkanes) is 4. The Morgan fingerprint density at radius 3 is 2.59 bits per heavy atom. The third-order valence-corrected chi connectivity index (χ3v) is 8.62. The van der Waals surface area contributed by atoms with Gasteiger partial charge >= 0.3 is 6.09 Å². The maximum absolute atomic E-state index is 13.2. The van der Waals surface area contributed by atoms with Gasteiger partial charge in [0.25, 0.3) is 0 Å². The molecule has 3 atom stereocenters. The molecule has 9 heteroatoms. The molecule has 1 aromatic rings. The molecule has 3 N–H and O–H groups in total. The fourth-order valence-electron chi connectivity index (χ4n) is 5.60. The van der Waals surface area contributed by atoms with Crippen molar-refractivity contribution >= 4 is 29.5 Å². The normalized spacial score (nSPS) is 21.4. The largest absolute Gasteiger partial charge is 0.449 e. The second-order valence-corrected chi connectivity index (χ2v) is 12.3. The summed E-state index contributed by atoms with van der Waals surface area (Å²) in [5.41, 5.74) is 0.940. The van der Waals surface area contributed by atoms with E-state index in [4.69, 9.17) is 16.3 Å². The second-order valence-electron chi connectivity index (χ2n) is 11.9. The van der Waals surface area contributed by atoms with Gasteiger partial charge < -0.3 is 20.7 Å². The third kappa shape index (κ3) is 8.60. The highest BCUT2D eigenvalue weighted by Crippen LogP contribution is 2.49. The van der Waals surface area contributed by atoms with Crippen molar-refractivity contribution in [3.63, 3.8) is 0 Å². The summed E-state index contributed by atoms with van der Waals surface area (Å²) in [6.07, 6.45) is 10.5. The molecular formula is C30H41ClN4O4. The standard InChI is InChI=1S/C30H41ClN4O4/c1-2-3-4-5-6-10-25(27(37)33-24(19-32)16-22-18-30(13-14-30)35-26(22)36)34-28(38)39-20-29(11-12-29)17-21-8-7-9-23(31)15-21/h7-9,15,22,24-25H,2-6,10-14,16-18,20H2,1H3,(H,33,37)(H,34,38)(H,35,36)/t22?,24-,25-/m0/s1. The summed E-state index contributed by atoms with van der Waals surface area (Å²) in [6.45, 7) is 2.42. The molecule has 39 heavy (non-hydrogen) atoms. The maximum atomic E-state index is 13.2. The quantitative estimate of drug-likeness (QED) is 0.257. The van der Waals surface area contributed by atoms with Crippen LogP contribution in [0.5, 0.6) is 0 Å². The lowest BCUT2D eigenvalue weighted by molar-refractivity contribution is -0.125. The average Bonchev–Trinajstić information content (AvgIpc) is 3.82. The highest BCUT2D eigenvalue weighted by atomic mass is 35.5. The van der Waals surface area contributed by atoms with Crippen molar-refractivity contribution in [1.29, 1.82) is 5.26 Å². The number of nitrogens with one attached hydrogen (secondary N) is 3. The first-order valence-electron chi connectivity index (χ1n) is 14.5. The van der Waals surface area contributed by atoms with E-state index in [0.29, 0.717) is 17.9 Å². The van der Waals surface area contributed by atoms with Gasteiger partial charge in [0, 0.05) is 21.9 Å². The van der Waals surface area contributed by atoms with Crippen LogP contribution in [0.1, 0.15) is 89.5 Å². The summed E-state index contributed by atoms with van der Waals surface area (Å²) < 4.78 is 5.60. The number of rotatable bonds is 15. The molecule has 1 saturated heterocycles. The number of benzene rings is 1. The Morgan fingerprint density at radius 2 is 1.95 bits per heavy atom. The van der Waals surface area contributed by atoms with Crippen LogP contribution in [0, 0.1) is 22.7 Å². The van der Waals surface area contributed by atoms with Gasteiger partial charge in [0.2, 0.25) is 11.8 Å². The van der Waals surface area contributed by atoms with E-state index >= 15 is 0 Å². The summed E-state index contributed by atoms with van der Waals surface area (Å²) in [6, 6.07) is 8.26. The number of hydrogen-bond donors (Lipinski definition) is 3. The minimum atomic E-state index is -0.801. The van der Waals surface area contributed by atoms with E-state index in [-0.39, 0.29) is 35.8 Å². The van der Waals surface area contributed by atoms with Crippen molar-refractivity contribution in [3.05, 3.63) is 34.9 Å². The molecule has 3 amide bonds. The first-order chi connectivity index (χ1) is 18.8. The maximum Gasteiger partial charge on any atom is 0.407 e. The van der Waals surface area contributed by atoms with E-state index < -0.39 is 24.1 Å². The van der Waals surface area contributed by atoms with Crippen molar-refractivity contribution in [2.24, 2.45) is 11.3 Å². The molecule has 3 fully saturated rings. The molecule has 4 rings (SSSR count). The number of hydrogen-bond acceptors (Lipinski definition) is 5. The van der Waals surface area contributed by atoms with Crippen LogP contribution < -0.4 is 16.0 Å². The van der Waals surface area contributed by atoms with Crippen LogP contribution >= 0.6 is 11.6 Å². The molecule has 2 saturated carbocycles. The fraction of sp³-hybridized carbons (Fsp3) is 0.667. The molecule has 0 aromatic heterocycles. The van der Waals surface area contributed by atoms with Crippen LogP contribution in [0.2, 0.25) is 5.02 Å². The van der Waals surface area contributed by atoms with E-state index in [1.165, 1.54) is 0 Å². The number of amides is 3. The highest BCUT2D eigenvalue weighted by Gasteiger charge is 2.52. The Balaban J connectivity index is 1.29. The van der Waals surface area contributed by atoms with E-state index in [9.17, 15) is 19.6 Å². The number of nitrogens with zero attached hydrogens (tertiary/aromatic N) is 1. The van der Waals surface area contributed by atoms with Gasteiger partial charge in [-0.1, -0.05) is 62.8 Å². The number of nitriles is 1. The molecule has 1 heterocycles. The molecule has 1 aliphatic heterocycles. The lowest BCUT2D eigenvalue weighted by Crippen LogP contribution is -2.50. The minimum Gasteiger partial charge on any atom is -0.449 e. The smallest absolute Gasteiger partial charge is 0.407 e. The van der Waals surface area contributed by atoms with Crippen molar-refractivity contribution < 1.29 is 19.1 Å². The molecular weight excluding hydrogens is 516 g/mol. The molecule has 3 aliphatic rings. The zero-order chi connectivity index (χ0) is 27.9. The van der Waals surface area contributed by atoms with Gasteiger partial charge in [-0.15, -0.1) is 0 Å². The van der Waals surface area contributed by atoms with E-state index in [1.54, 1.807) is 0 Å². The zero-order valence-corrected chi connectivity index (χ0v) is 23.7. The molecule has 1 spiro atoms. The Labute approximate surface area is 236 Å². The number of carbonyl (C=O) groups is 3. The van der Waals surface area contributed by atoms with Crippen LogP contribution in [0.15, 0.2) is 24.3 Å². The molecule has 0 bridgehead atoms. The second kappa shape index (κ2) is 13.0. The molecule has 0 radical (unpaired) electrons. The van der Waals surface area contributed by atoms with Gasteiger partial charge in [-0.2, -0.15) is 5.26 Å². The van der Waals surface area contributed by atoms with Gasteiger partial charge in [0.15, 0.2) is 0 Å². The average molecular weight is 557 g/mol. The van der Waals surface area contributed by atoms with E-state index in [1.807, 2.05) is 24.3 Å². The highest BCUT2D eigenvalue weighted by molar-refractivity contribution is 6.30. The summed E-state index contributed by atoms with van der Waals surface area (Å²) in [7, 11) is 0. The molecule has 8 nitrogen and oxygen atoms in total. The SMILES string of the molecule is CCCCCCC[C@H](NC(=O)OCC1(Cc2cccc(Cl)c2)CC1)C(=O)N[C@H](C#N)CC1CC2(CC2)NC1=O. The lowest BCUT2D eigenvalue weighted by Gasteiger charge is -2.22. The summed E-state index contributed by atoms with van der Waals surface area (Å²) in [5, 5.41) is 19.0. The number of ether oxygens (including phenoxy) is 1. The van der Waals surface area contributed by atoms with Crippen molar-refractivity contribution in [1.82, 2.24) is 16.0 Å². The summed E-state index contributed by atoms with van der Waals surface area (Å²) in [4.78, 5) is 38.3. The monoisotopic (exact) mass is 556 g/mol.